The van der Waals surface area contributed by atoms with Crippen LogP contribution in [-0.2, 0) is 10.1 Å². The monoisotopic (exact) mass is 164 g/mol. The van der Waals surface area contributed by atoms with Crippen molar-refractivity contribution in [3.8, 4) is 0 Å². The quantitative estimate of drug-likeness (QED) is 0.479. The molecule has 1 unspecified atom stereocenters. The number of rotatable bonds is 2. The van der Waals surface area contributed by atoms with Crippen LogP contribution in [0.5, 0.6) is 0 Å². The molecular formula is C2H2N3O2S2-. The molecule has 0 aromatic carbocycles. The third-order valence-electron chi connectivity index (χ3n) is 0.546. The summed E-state index contributed by atoms with van der Waals surface area (Å²) in [5.74, 6) is 0. The number of H-pyrrole nitrogens is 1. The van der Waals surface area contributed by atoms with Crippen LogP contribution < -0.4 is 0 Å². The molecule has 1 heterocycles. The van der Waals surface area contributed by atoms with E-state index in [2.05, 4.69) is 15.4 Å². The fraction of sp³-hybridized carbons (Fsp3) is 0. The maximum Gasteiger partial charge on any atom is 0.150 e. The van der Waals surface area contributed by atoms with Gasteiger partial charge in [0, 0.05) is 10.1 Å². The van der Waals surface area contributed by atoms with Crippen LogP contribution >= 0.6 is 10.8 Å². The zero-order valence-corrected chi connectivity index (χ0v) is 5.74. The van der Waals surface area contributed by atoms with Gasteiger partial charge in [-0.2, -0.15) is 10.3 Å². The van der Waals surface area contributed by atoms with Crippen molar-refractivity contribution in [2.75, 3.05) is 0 Å². The highest BCUT2D eigenvalue weighted by Crippen LogP contribution is 2.14. The van der Waals surface area contributed by atoms with Gasteiger partial charge in [0.1, 0.15) is 5.03 Å². The summed E-state index contributed by atoms with van der Waals surface area (Å²) in [5, 5.41) is 9.53. The van der Waals surface area contributed by atoms with E-state index in [0.717, 1.165) is 0 Å². The van der Waals surface area contributed by atoms with Crippen molar-refractivity contribution in [3.05, 3.63) is 6.20 Å². The zero-order chi connectivity index (χ0) is 6.69. The summed E-state index contributed by atoms with van der Waals surface area (Å²) in [6.07, 6.45) is 1.33. The van der Waals surface area contributed by atoms with E-state index in [0.29, 0.717) is 15.8 Å². The normalized spacial score (nSPS) is 13.4. The van der Waals surface area contributed by atoms with Gasteiger partial charge in [0.25, 0.3) is 0 Å². The highest BCUT2D eigenvalue weighted by molar-refractivity contribution is 8.67. The lowest BCUT2D eigenvalue weighted by Gasteiger charge is -1.96. The molecule has 0 radical (unpaired) electrons. The Labute approximate surface area is 56.9 Å². The van der Waals surface area contributed by atoms with Crippen LogP contribution in [0, 0.1) is 0 Å². The second-order valence-electron chi connectivity index (χ2n) is 1.10. The molecule has 0 saturated carbocycles. The number of hydrogen-bond donors (Lipinski definition) is 1. The van der Waals surface area contributed by atoms with E-state index in [1.165, 1.54) is 6.20 Å². The standard InChI is InChI=1S/C2H3N3O2S2/c6-9(7)8-2-1-3-5-4-2/h1H,(H,6,7)(H,3,4,5)/p-1. The molecule has 5 nitrogen and oxygen atoms in total. The summed E-state index contributed by atoms with van der Waals surface area (Å²) in [5.41, 5.74) is 0. The molecule has 0 aliphatic carbocycles. The first kappa shape index (κ1) is 6.72. The summed E-state index contributed by atoms with van der Waals surface area (Å²) in [6.45, 7) is 0. The topological polar surface area (TPSA) is 81.7 Å². The summed E-state index contributed by atoms with van der Waals surface area (Å²) in [4.78, 5) is 0. The molecule has 0 amide bonds. The van der Waals surface area contributed by atoms with Crippen molar-refractivity contribution < 1.29 is 8.76 Å². The molecule has 50 valence electrons. The third-order valence-corrected chi connectivity index (χ3v) is 1.97. The molecule has 1 rings (SSSR count). The van der Waals surface area contributed by atoms with E-state index >= 15 is 0 Å². The number of hydrogen-bond acceptors (Lipinski definition) is 5. The first-order chi connectivity index (χ1) is 4.29. The Kier molecular flexibility index (Phi) is 2.20. The van der Waals surface area contributed by atoms with Gasteiger partial charge >= 0.3 is 0 Å². The Balaban J connectivity index is 2.58. The second-order valence-corrected chi connectivity index (χ2v) is 3.41. The van der Waals surface area contributed by atoms with Crippen molar-refractivity contribution in [2.24, 2.45) is 0 Å². The van der Waals surface area contributed by atoms with E-state index < -0.39 is 10.1 Å². The SMILES string of the molecule is O=S([O-])Sc1cn[nH]n1. The summed E-state index contributed by atoms with van der Waals surface area (Å²) < 4.78 is 19.9. The average molecular weight is 164 g/mol. The molecule has 0 bridgehead atoms. The first-order valence-electron chi connectivity index (χ1n) is 1.92. The van der Waals surface area contributed by atoms with E-state index in [1.54, 1.807) is 0 Å². The molecule has 0 saturated heterocycles. The Morgan fingerprint density at radius 2 is 2.67 bits per heavy atom. The summed E-state index contributed by atoms with van der Waals surface area (Å²) in [7, 11) is -1.53. The molecule has 7 heteroatoms. The molecule has 1 atom stereocenters. The van der Waals surface area contributed by atoms with Gasteiger partial charge in [-0.3, -0.25) is 4.21 Å². The van der Waals surface area contributed by atoms with Gasteiger partial charge in [-0.25, -0.2) is 0 Å². The molecular weight excluding hydrogens is 162 g/mol. The highest BCUT2D eigenvalue weighted by atomic mass is 33.1. The minimum atomic E-state index is -2.15. The van der Waals surface area contributed by atoms with Crippen LogP contribution in [0.15, 0.2) is 11.2 Å². The van der Waals surface area contributed by atoms with E-state index in [4.69, 9.17) is 0 Å². The minimum Gasteiger partial charge on any atom is -0.763 e. The fourth-order valence-corrected chi connectivity index (χ4v) is 1.27. The predicted octanol–water partition coefficient (Wildman–Crippen LogP) is -0.309. The Morgan fingerprint density at radius 1 is 1.89 bits per heavy atom. The molecule has 0 aliphatic rings. The van der Waals surface area contributed by atoms with Gasteiger partial charge in [-0.1, -0.05) is 0 Å². The van der Waals surface area contributed by atoms with Gasteiger partial charge < -0.3 is 4.55 Å². The largest absolute Gasteiger partial charge is 0.763 e. The van der Waals surface area contributed by atoms with Crippen LogP contribution in [0.2, 0.25) is 0 Å². The van der Waals surface area contributed by atoms with Crippen LogP contribution in [0.1, 0.15) is 0 Å². The molecule has 9 heavy (non-hydrogen) atoms. The lowest BCUT2D eigenvalue weighted by atomic mass is 11.0. The van der Waals surface area contributed by atoms with Gasteiger partial charge in [-0.15, -0.1) is 5.10 Å². The molecule has 0 fully saturated rings. The van der Waals surface area contributed by atoms with E-state index in [9.17, 15) is 8.76 Å². The maximum absolute atomic E-state index is 9.95. The zero-order valence-electron chi connectivity index (χ0n) is 4.10. The molecule has 0 aliphatic heterocycles. The average Bonchev–Trinajstić information content (AvgIpc) is 2.15. The van der Waals surface area contributed by atoms with Crippen molar-refractivity contribution in [3.63, 3.8) is 0 Å². The number of aromatic nitrogens is 3. The number of nitrogens with one attached hydrogen (secondary N) is 1. The van der Waals surface area contributed by atoms with Crippen molar-refractivity contribution in [1.82, 2.24) is 15.4 Å². The molecule has 0 spiro atoms. The predicted molar refractivity (Wildman–Crippen MR) is 31.2 cm³/mol. The van der Waals surface area contributed by atoms with Crippen molar-refractivity contribution in [2.45, 2.75) is 5.03 Å². The van der Waals surface area contributed by atoms with Gasteiger partial charge in [0.2, 0.25) is 0 Å². The number of aromatic amines is 1. The maximum atomic E-state index is 9.95. The molecule has 1 aromatic heterocycles. The smallest absolute Gasteiger partial charge is 0.150 e. The number of nitrogens with zero attached hydrogens (tertiary/aromatic N) is 2. The van der Waals surface area contributed by atoms with Gasteiger partial charge in [0.05, 0.1) is 6.20 Å². The van der Waals surface area contributed by atoms with Crippen molar-refractivity contribution >= 4 is 20.9 Å². The second kappa shape index (κ2) is 2.95. The lowest BCUT2D eigenvalue weighted by molar-refractivity contribution is 0.553. The highest BCUT2D eigenvalue weighted by Gasteiger charge is 1.93. The van der Waals surface area contributed by atoms with E-state index in [-0.39, 0.29) is 0 Å². The van der Waals surface area contributed by atoms with Crippen LogP contribution in [-0.4, -0.2) is 24.2 Å². The fourth-order valence-electron chi connectivity index (χ4n) is 0.301. The lowest BCUT2D eigenvalue weighted by Crippen LogP contribution is -1.77. The third kappa shape index (κ3) is 2.12. The first-order valence-corrected chi connectivity index (χ1v) is 4.33. The van der Waals surface area contributed by atoms with Gasteiger partial charge in [-0.05, 0) is 10.8 Å². The van der Waals surface area contributed by atoms with Crippen LogP contribution in [0.25, 0.3) is 0 Å². The van der Waals surface area contributed by atoms with Crippen molar-refractivity contribution in [1.29, 1.82) is 0 Å². The molecule has 1 aromatic rings. The Hall–Kier alpha value is -0.400. The summed E-state index contributed by atoms with van der Waals surface area (Å²) >= 11 is 0. The molecule has 1 N–H and O–H groups in total. The Morgan fingerprint density at radius 3 is 3.11 bits per heavy atom. The van der Waals surface area contributed by atoms with Gasteiger partial charge in [0.15, 0.2) is 0 Å². The minimum absolute atomic E-state index is 0.350. The van der Waals surface area contributed by atoms with Crippen LogP contribution in [0.4, 0.5) is 0 Å². The van der Waals surface area contributed by atoms with Crippen LogP contribution in [0.3, 0.4) is 0 Å². The summed E-state index contributed by atoms with van der Waals surface area (Å²) in [6, 6.07) is 0. The van der Waals surface area contributed by atoms with E-state index in [1.807, 2.05) is 0 Å². The Bertz CT molecular complexity index is 198.